The molecule has 0 aliphatic rings. The SMILES string of the molecule is CCNCC.Cc1cc([N+](=O)[O-])cc([N+](=O)[O-])c1[O-]. The van der Waals surface area contributed by atoms with Gasteiger partial charge in [0.15, 0.2) is 0 Å². The number of benzene rings is 1. The van der Waals surface area contributed by atoms with Crippen LogP contribution in [0.5, 0.6) is 5.75 Å². The fraction of sp³-hybridized carbons (Fsp3) is 0.455. The van der Waals surface area contributed by atoms with Crippen LogP contribution in [-0.2, 0) is 0 Å². The summed E-state index contributed by atoms with van der Waals surface area (Å²) in [6, 6.07) is 1.67. The third kappa shape index (κ3) is 5.30. The Hall–Kier alpha value is -2.22. The summed E-state index contributed by atoms with van der Waals surface area (Å²) in [5.41, 5.74) is -1.23. The molecule has 0 bridgehead atoms. The number of non-ortho nitro benzene ring substituents is 1. The van der Waals surface area contributed by atoms with Crippen LogP contribution in [0.1, 0.15) is 19.4 Å². The van der Waals surface area contributed by atoms with Gasteiger partial charge in [-0.05, 0) is 31.3 Å². The Morgan fingerprint density at radius 2 is 1.63 bits per heavy atom. The molecule has 0 saturated heterocycles. The molecular formula is C11H16N3O5-. The molecule has 1 aromatic carbocycles. The van der Waals surface area contributed by atoms with Gasteiger partial charge in [-0.3, -0.25) is 20.2 Å². The van der Waals surface area contributed by atoms with E-state index in [9.17, 15) is 25.3 Å². The highest BCUT2D eigenvalue weighted by molar-refractivity contribution is 5.56. The third-order valence-electron chi connectivity index (χ3n) is 2.15. The normalized spacial score (nSPS) is 9.42. The molecule has 0 heterocycles. The van der Waals surface area contributed by atoms with Crippen LogP contribution in [0.25, 0.3) is 0 Å². The zero-order valence-electron chi connectivity index (χ0n) is 11.0. The van der Waals surface area contributed by atoms with Crippen LogP contribution in [0.15, 0.2) is 12.1 Å². The van der Waals surface area contributed by atoms with Gasteiger partial charge in [-0.15, -0.1) is 0 Å². The lowest BCUT2D eigenvalue weighted by Crippen LogP contribution is -2.09. The van der Waals surface area contributed by atoms with E-state index in [1.807, 2.05) is 0 Å². The Morgan fingerprint density at radius 1 is 1.11 bits per heavy atom. The van der Waals surface area contributed by atoms with Crippen molar-refractivity contribution in [1.82, 2.24) is 5.32 Å². The van der Waals surface area contributed by atoms with E-state index in [1.165, 1.54) is 6.92 Å². The quantitative estimate of drug-likeness (QED) is 0.653. The molecule has 1 N–H and O–H groups in total. The number of rotatable bonds is 4. The standard InChI is InChI=1S/C7H6N2O5.C4H11N/c1-4-2-5(8(11)12)3-6(7(4)10)9(13)14;1-3-5-4-2/h2-3,10H,1H3;5H,3-4H2,1-2H3/p-1. The topological polar surface area (TPSA) is 121 Å². The molecule has 8 nitrogen and oxygen atoms in total. The minimum atomic E-state index is -0.928. The second-order valence-electron chi connectivity index (χ2n) is 3.58. The van der Waals surface area contributed by atoms with Gasteiger partial charge in [-0.2, -0.15) is 0 Å². The number of nitro groups is 2. The van der Waals surface area contributed by atoms with Crippen LogP contribution >= 0.6 is 0 Å². The minimum absolute atomic E-state index is 0.00843. The van der Waals surface area contributed by atoms with Crippen molar-refractivity contribution in [3.05, 3.63) is 37.9 Å². The lowest BCUT2D eigenvalue weighted by atomic mass is 10.1. The fourth-order valence-corrected chi connectivity index (χ4v) is 1.23. The molecule has 19 heavy (non-hydrogen) atoms. The summed E-state index contributed by atoms with van der Waals surface area (Å²) in [4.78, 5) is 18.9. The molecule has 8 heteroatoms. The third-order valence-corrected chi connectivity index (χ3v) is 2.15. The van der Waals surface area contributed by atoms with E-state index in [4.69, 9.17) is 0 Å². The Kier molecular flexibility index (Phi) is 7.05. The van der Waals surface area contributed by atoms with Gasteiger partial charge in [0.2, 0.25) is 0 Å². The largest absolute Gasteiger partial charge is 0.868 e. The van der Waals surface area contributed by atoms with Gasteiger partial charge in [-0.1, -0.05) is 13.8 Å². The number of nitrogens with zero attached hydrogens (tertiary/aromatic N) is 2. The first-order chi connectivity index (χ1) is 8.84. The van der Waals surface area contributed by atoms with E-state index < -0.39 is 27.0 Å². The van der Waals surface area contributed by atoms with E-state index in [-0.39, 0.29) is 5.56 Å². The highest BCUT2D eigenvalue weighted by Crippen LogP contribution is 2.31. The maximum atomic E-state index is 11.1. The summed E-state index contributed by atoms with van der Waals surface area (Å²) >= 11 is 0. The molecule has 0 atom stereocenters. The van der Waals surface area contributed by atoms with Gasteiger partial charge in [0, 0.05) is 6.07 Å². The molecule has 0 saturated carbocycles. The molecule has 0 amide bonds. The summed E-state index contributed by atoms with van der Waals surface area (Å²) in [6.07, 6.45) is 0. The Bertz CT molecular complexity index is 460. The summed E-state index contributed by atoms with van der Waals surface area (Å²) < 4.78 is 0. The van der Waals surface area contributed by atoms with Crippen LogP contribution < -0.4 is 10.4 Å². The monoisotopic (exact) mass is 270 g/mol. The molecule has 0 radical (unpaired) electrons. The van der Waals surface area contributed by atoms with E-state index in [0.29, 0.717) is 6.07 Å². The number of aryl methyl sites for hydroxylation is 1. The first-order valence-electron chi connectivity index (χ1n) is 5.66. The average Bonchev–Trinajstić information content (AvgIpc) is 2.33. The van der Waals surface area contributed by atoms with Crippen LogP contribution in [0.4, 0.5) is 11.4 Å². The van der Waals surface area contributed by atoms with Crippen molar-refractivity contribution in [1.29, 1.82) is 0 Å². The highest BCUT2D eigenvalue weighted by Gasteiger charge is 2.16. The predicted octanol–water partition coefficient (Wildman–Crippen LogP) is 1.50. The molecule has 106 valence electrons. The maximum Gasteiger partial charge on any atom is 0.276 e. The molecule has 0 aromatic heterocycles. The lowest BCUT2D eigenvalue weighted by Gasteiger charge is -2.09. The summed E-state index contributed by atoms with van der Waals surface area (Å²) in [5, 5.41) is 34.9. The molecule has 0 unspecified atom stereocenters. The van der Waals surface area contributed by atoms with Gasteiger partial charge in [-0.25, -0.2) is 0 Å². The Labute approximate surface area is 110 Å². The number of nitro benzene ring substituents is 2. The van der Waals surface area contributed by atoms with Crippen molar-refractivity contribution in [3.63, 3.8) is 0 Å². The smallest absolute Gasteiger partial charge is 0.276 e. The van der Waals surface area contributed by atoms with Gasteiger partial charge < -0.3 is 10.4 Å². The molecule has 0 aliphatic carbocycles. The highest BCUT2D eigenvalue weighted by atomic mass is 16.6. The molecular weight excluding hydrogens is 254 g/mol. The van der Waals surface area contributed by atoms with Gasteiger partial charge >= 0.3 is 0 Å². The average molecular weight is 270 g/mol. The summed E-state index contributed by atoms with van der Waals surface area (Å²) in [6.45, 7) is 7.68. The molecule has 0 spiro atoms. The second-order valence-corrected chi connectivity index (χ2v) is 3.58. The first-order valence-corrected chi connectivity index (χ1v) is 5.66. The fourth-order valence-electron chi connectivity index (χ4n) is 1.23. The van der Waals surface area contributed by atoms with Crippen molar-refractivity contribution < 1.29 is 15.0 Å². The lowest BCUT2D eigenvalue weighted by molar-refractivity contribution is -0.403. The minimum Gasteiger partial charge on any atom is -0.868 e. The van der Waals surface area contributed by atoms with Gasteiger partial charge in [0.25, 0.3) is 11.4 Å². The Balaban J connectivity index is 0.000000555. The van der Waals surface area contributed by atoms with Crippen molar-refractivity contribution in [2.75, 3.05) is 13.1 Å². The van der Waals surface area contributed by atoms with Crippen molar-refractivity contribution in [2.24, 2.45) is 0 Å². The second kappa shape index (κ2) is 7.98. The van der Waals surface area contributed by atoms with Crippen molar-refractivity contribution in [3.8, 4) is 5.75 Å². The van der Waals surface area contributed by atoms with E-state index in [0.717, 1.165) is 19.2 Å². The van der Waals surface area contributed by atoms with Crippen LogP contribution in [0.2, 0.25) is 0 Å². The van der Waals surface area contributed by atoms with Crippen molar-refractivity contribution in [2.45, 2.75) is 20.8 Å². The molecule has 1 aromatic rings. The molecule has 0 aliphatic heterocycles. The molecule has 0 fully saturated rings. The van der Waals surface area contributed by atoms with Gasteiger partial charge in [0.1, 0.15) is 0 Å². The summed E-state index contributed by atoms with van der Waals surface area (Å²) in [7, 11) is 0. The van der Waals surface area contributed by atoms with Crippen LogP contribution in [-0.4, -0.2) is 22.9 Å². The number of hydrogen-bond acceptors (Lipinski definition) is 6. The predicted molar refractivity (Wildman–Crippen MR) is 68.2 cm³/mol. The summed E-state index contributed by atoms with van der Waals surface area (Å²) in [5.74, 6) is -0.791. The number of nitrogens with one attached hydrogen (secondary N) is 1. The van der Waals surface area contributed by atoms with E-state index in [1.54, 1.807) is 0 Å². The maximum absolute atomic E-state index is 11.1. The van der Waals surface area contributed by atoms with Crippen LogP contribution in [0, 0.1) is 27.2 Å². The number of hydrogen-bond donors (Lipinski definition) is 1. The van der Waals surface area contributed by atoms with E-state index in [2.05, 4.69) is 19.2 Å². The zero-order chi connectivity index (χ0) is 15.0. The van der Waals surface area contributed by atoms with E-state index >= 15 is 0 Å². The Morgan fingerprint density at radius 3 is 1.95 bits per heavy atom. The van der Waals surface area contributed by atoms with Gasteiger partial charge in [0.05, 0.1) is 15.9 Å². The van der Waals surface area contributed by atoms with Crippen molar-refractivity contribution >= 4 is 11.4 Å². The first kappa shape index (κ1) is 16.8. The zero-order valence-corrected chi connectivity index (χ0v) is 11.0. The molecule has 1 rings (SSSR count). The van der Waals surface area contributed by atoms with Crippen LogP contribution in [0.3, 0.4) is 0 Å².